The Morgan fingerprint density at radius 1 is 1.18 bits per heavy atom. The summed E-state index contributed by atoms with van der Waals surface area (Å²) in [4.78, 5) is 12.4. The fourth-order valence-corrected chi connectivity index (χ4v) is 4.92. The lowest BCUT2D eigenvalue weighted by Crippen LogP contribution is -2.50. The maximum absolute atomic E-state index is 12.6. The number of nitrogens with zero attached hydrogens (tertiary/aromatic N) is 2. The molecule has 152 valence electrons. The minimum atomic E-state index is -3.56. The Morgan fingerprint density at radius 3 is 2.43 bits per heavy atom. The second-order valence-corrected chi connectivity index (χ2v) is 9.02. The first-order valence-electron chi connectivity index (χ1n) is 9.48. The largest absolute Gasteiger partial charge is 0.484 e. The Bertz CT molecular complexity index is 820. The maximum atomic E-state index is 12.6. The van der Waals surface area contributed by atoms with E-state index in [0.29, 0.717) is 44.9 Å². The molecule has 9 heteroatoms. The molecule has 1 saturated carbocycles. The van der Waals surface area contributed by atoms with Crippen LogP contribution in [0.15, 0.2) is 29.2 Å². The van der Waals surface area contributed by atoms with Crippen LogP contribution >= 0.6 is 0 Å². The van der Waals surface area contributed by atoms with Gasteiger partial charge in [0, 0.05) is 13.1 Å². The van der Waals surface area contributed by atoms with Gasteiger partial charge in [0.05, 0.1) is 24.2 Å². The third kappa shape index (κ3) is 4.82. The number of hydrogen-bond donors (Lipinski definition) is 1. The molecule has 1 saturated heterocycles. The quantitative estimate of drug-likeness (QED) is 0.764. The zero-order valence-corrected chi connectivity index (χ0v) is 16.5. The molecule has 8 nitrogen and oxygen atoms in total. The van der Waals surface area contributed by atoms with Gasteiger partial charge in [0.25, 0.3) is 5.91 Å². The second kappa shape index (κ2) is 8.90. The Balaban J connectivity index is 1.55. The van der Waals surface area contributed by atoms with Crippen molar-refractivity contribution in [3.63, 3.8) is 0 Å². The van der Waals surface area contributed by atoms with Crippen LogP contribution in [-0.4, -0.2) is 57.1 Å². The maximum Gasteiger partial charge on any atom is 0.259 e. The SMILES string of the molecule is N#CC1(NC(=O)COc2ccc(S(=O)(=O)N3CCOCC3)cc2)CCCCC1. The number of rotatable bonds is 6. The van der Waals surface area contributed by atoms with E-state index in [2.05, 4.69) is 11.4 Å². The molecule has 1 N–H and O–H groups in total. The van der Waals surface area contributed by atoms with E-state index in [1.54, 1.807) is 0 Å². The predicted octanol–water partition coefficient (Wildman–Crippen LogP) is 1.43. The fraction of sp³-hybridized carbons (Fsp3) is 0.579. The van der Waals surface area contributed by atoms with E-state index in [1.807, 2.05) is 0 Å². The summed E-state index contributed by atoms with van der Waals surface area (Å²) in [6, 6.07) is 8.23. The molecule has 1 aromatic rings. The number of morpholine rings is 1. The van der Waals surface area contributed by atoms with Crippen molar-refractivity contribution in [1.29, 1.82) is 5.26 Å². The Hall–Kier alpha value is -2.15. The summed E-state index contributed by atoms with van der Waals surface area (Å²) in [5.74, 6) is 0.0409. The van der Waals surface area contributed by atoms with Crippen LogP contribution in [0.25, 0.3) is 0 Å². The topological polar surface area (TPSA) is 109 Å². The van der Waals surface area contributed by atoms with E-state index in [4.69, 9.17) is 9.47 Å². The number of hydrogen-bond acceptors (Lipinski definition) is 6. The molecule has 1 aromatic carbocycles. The molecular formula is C19H25N3O5S. The third-order valence-corrected chi connectivity index (χ3v) is 7.01. The zero-order chi connectivity index (χ0) is 20.0. The van der Waals surface area contributed by atoms with Gasteiger partial charge in [-0.15, -0.1) is 0 Å². The average molecular weight is 407 g/mol. The Morgan fingerprint density at radius 2 is 1.82 bits per heavy atom. The molecular weight excluding hydrogens is 382 g/mol. The van der Waals surface area contributed by atoms with Gasteiger partial charge >= 0.3 is 0 Å². The molecule has 28 heavy (non-hydrogen) atoms. The van der Waals surface area contributed by atoms with Gasteiger partial charge in [-0.05, 0) is 37.1 Å². The first-order chi connectivity index (χ1) is 13.5. The van der Waals surface area contributed by atoms with Gasteiger partial charge in [-0.25, -0.2) is 8.42 Å². The van der Waals surface area contributed by atoms with Crippen LogP contribution < -0.4 is 10.1 Å². The minimum absolute atomic E-state index is 0.178. The van der Waals surface area contributed by atoms with E-state index in [1.165, 1.54) is 28.6 Å². The Kier molecular flexibility index (Phi) is 6.54. The molecule has 0 spiro atoms. The van der Waals surface area contributed by atoms with Gasteiger partial charge in [0.15, 0.2) is 6.61 Å². The molecule has 0 aromatic heterocycles. The van der Waals surface area contributed by atoms with Crippen molar-refractivity contribution in [2.45, 2.75) is 42.5 Å². The highest BCUT2D eigenvalue weighted by atomic mass is 32.2. The lowest BCUT2D eigenvalue weighted by molar-refractivity contribution is -0.124. The standard InChI is InChI=1S/C19H25N3O5S/c20-15-19(8-2-1-3-9-19)21-18(23)14-27-16-4-6-17(7-5-16)28(24,25)22-10-12-26-13-11-22/h4-7H,1-3,8-14H2,(H,21,23). The molecule has 2 aliphatic rings. The normalized spacial score (nSPS) is 20.1. The van der Waals surface area contributed by atoms with Crippen molar-refractivity contribution < 1.29 is 22.7 Å². The molecule has 1 amide bonds. The molecule has 1 aliphatic heterocycles. The smallest absolute Gasteiger partial charge is 0.259 e. The summed E-state index contributed by atoms with van der Waals surface area (Å²) >= 11 is 0. The van der Waals surface area contributed by atoms with Gasteiger partial charge in [0.1, 0.15) is 11.3 Å². The summed E-state index contributed by atoms with van der Waals surface area (Å²) in [5, 5.41) is 12.2. The molecule has 3 rings (SSSR count). The molecule has 0 radical (unpaired) electrons. The number of sulfonamides is 1. The average Bonchev–Trinajstić information content (AvgIpc) is 2.74. The molecule has 0 bridgehead atoms. The second-order valence-electron chi connectivity index (χ2n) is 7.08. The van der Waals surface area contributed by atoms with E-state index in [0.717, 1.165) is 19.3 Å². The molecule has 0 unspecified atom stereocenters. The van der Waals surface area contributed by atoms with Crippen LogP contribution in [0.2, 0.25) is 0 Å². The van der Waals surface area contributed by atoms with Gasteiger partial charge < -0.3 is 14.8 Å². The monoisotopic (exact) mass is 407 g/mol. The van der Waals surface area contributed by atoms with Crippen LogP contribution in [-0.2, 0) is 19.6 Å². The summed E-state index contributed by atoms with van der Waals surface area (Å²) in [6.07, 6.45) is 4.24. The van der Waals surface area contributed by atoms with Crippen LogP contribution in [0.1, 0.15) is 32.1 Å². The lowest BCUT2D eigenvalue weighted by atomic mass is 9.83. The number of benzene rings is 1. The van der Waals surface area contributed by atoms with E-state index in [-0.39, 0.29) is 17.4 Å². The Labute approximate surface area is 165 Å². The van der Waals surface area contributed by atoms with Crippen molar-refractivity contribution >= 4 is 15.9 Å². The van der Waals surface area contributed by atoms with Crippen LogP contribution in [0.3, 0.4) is 0 Å². The van der Waals surface area contributed by atoms with Crippen molar-refractivity contribution in [3.05, 3.63) is 24.3 Å². The van der Waals surface area contributed by atoms with E-state index < -0.39 is 15.6 Å². The highest BCUT2D eigenvalue weighted by Crippen LogP contribution is 2.27. The van der Waals surface area contributed by atoms with E-state index in [9.17, 15) is 18.5 Å². The lowest BCUT2D eigenvalue weighted by Gasteiger charge is -2.31. The number of carbonyl (C=O) groups is 1. The minimum Gasteiger partial charge on any atom is -0.484 e. The zero-order valence-electron chi connectivity index (χ0n) is 15.7. The van der Waals surface area contributed by atoms with Crippen LogP contribution in [0.5, 0.6) is 5.75 Å². The van der Waals surface area contributed by atoms with Crippen LogP contribution in [0.4, 0.5) is 0 Å². The summed E-state index contributed by atoms with van der Waals surface area (Å²) in [7, 11) is -3.56. The number of nitrogens with one attached hydrogen (secondary N) is 1. The molecule has 0 atom stereocenters. The van der Waals surface area contributed by atoms with E-state index >= 15 is 0 Å². The molecule has 1 heterocycles. The molecule has 1 aliphatic carbocycles. The van der Waals surface area contributed by atoms with Crippen molar-refractivity contribution in [2.75, 3.05) is 32.9 Å². The number of amides is 1. The van der Waals surface area contributed by atoms with Crippen molar-refractivity contribution in [2.24, 2.45) is 0 Å². The van der Waals surface area contributed by atoms with Crippen LogP contribution in [0, 0.1) is 11.3 Å². The van der Waals surface area contributed by atoms with Crippen molar-refractivity contribution in [1.82, 2.24) is 9.62 Å². The third-order valence-electron chi connectivity index (χ3n) is 5.10. The van der Waals surface area contributed by atoms with Gasteiger partial charge in [-0.2, -0.15) is 9.57 Å². The number of carbonyl (C=O) groups excluding carboxylic acids is 1. The highest BCUT2D eigenvalue weighted by molar-refractivity contribution is 7.89. The summed E-state index contributed by atoms with van der Waals surface area (Å²) < 4.78 is 37.2. The highest BCUT2D eigenvalue weighted by Gasteiger charge is 2.33. The van der Waals surface area contributed by atoms with Gasteiger partial charge in [0.2, 0.25) is 10.0 Å². The van der Waals surface area contributed by atoms with Gasteiger partial charge in [-0.3, -0.25) is 4.79 Å². The number of nitriles is 1. The summed E-state index contributed by atoms with van der Waals surface area (Å²) in [5.41, 5.74) is -0.797. The first-order valence-corrected chi connectivity index (χ1v) is 10.9. The van der Waals surface area contributed by atoms with Crippen molar-refractivity contribution in [3.8, 4) is 11.8 Å². The first kappa shape index (κ1) is 20.6. The summed E-state index contributed by atoms with van der Waals surface area (Å²) in [6.45, 7) is 1.22. The fourth-order valence-electron chi connectivity index (χ4n) is 3.52. The number of ether oxygens (including phenoxy) is 2. The van der Waals surface area contributed by atoms with Gasteiger partial charge in [-0.1, -0.05) is 19.3 Å². The predicted molar refractivity (Wildman–Crippen MR) is 101 cm³/mol. The molecule has 2 fully saturated rings.